The topological polar surface area (TPSA) is 97.0 Å². The molecule has 3 rings (SSSR count). The monoisotopic (exact) mass is 543 g/mol. The van der Waals surface area contributed by atoms with Crippen LogP contribution in [0.3, 0.4) is 0 Å². The van der Waals surface area contributed by atoms with Gasteiger partial charge in [0.1, 0.15) is 18.0 Å². The summed E-state index contributed by atoms with van der Waals surface area (Å²) in [6.45, 7) is 4.38. The number of anilines is 1. The second kappa shape index (κ2) is 11.6. The van der Waals surface area contributed by atoms with E-state index in [0.29, 0.717) is 22.8 Å². The summed E-state index contributed by atoms with van der Waals surface area (Å²) in [5, 5.41) is 5.75. The number of hydrogen-bond donors (Lipinski definition) is 2. The molecule has 0 aromatic heterocycles. The summed E-state index contributed by atoms with van der Waals surface area (Å²) in [5.41, 5.74) is -4.33. The lowest BCUT2D eigenvalue weighted by molar-refractivity contribution is -0.0492. The number of nitrogens with one attached hydrogen (secondary N) is 2. The molecule has 0 spiro atoms. The molecule has 0 aliphatic carbocycles. The van der Waals surface area contributed by atoms with Gasteiger partial charge >= 0.3 is 21.6 Å². The fourth-order valence-corrected chi connectivity index (χ4v) is 4.83. The van der Waals surface area contributed by atoms with Gasteiger partial charge in [-0.25, -0.2) is 13.2 Å². The number of rotatable bonds is 8. The number of fused-ring (bicyclic) bond motifs is 1. The van der Waals surface area contributed by atoms with Crippen molar-refractivity contribution in [3.05, 3.63) is 59.7 Å². The Hall–Kier alpha value is -2.99. The van der Waals surface area contributed by atoms with Crippen LogP contribution >= 0.6 is 0 Å². The summed E-state index contributed by atoms with van der Waals surface area (Å²) in [6.07, 6.45) is 0.340. The van der Waals surface area contributed by atoms with Crippen LogP contribution in [0.1, 0.15) is 38.3 Å². The van der Waals surface area contributed by atoms with Crippen LogP contribution in [0, 0.1) is 0 Å². The van der Waals surface area contributed by atoms with Crippen LogP contribution < -0.4 is 15.4 Å². The van der Waals surface area contributed by atoms with Crippen LogP contribution in [0.15, 0.2) is 48.5 Å². The second-order valence-electron chi connectivity index (χ2n) is 9.67. The number of alkyl carbamates (subject to hydrolysis) is 1. The number of halogens is 3. The average molecular weight is 544 g/mol. The van der Waals surface area contributed by atoms with Gasteiger partial charge in [0.25, 0.3) is 0 Å². The predicted molar refractivity (Wildman–Crippen MR) is 134 cm³/mol. The maximum absolute atomic E-state index is 13.5. The Balaban J connectivity index is 1.78. The Labute approximate surface area is 215 Å². The van der Waals surface area contributed by atoms with Crippen molar-refractivity contribution in [2.24, 2.45) is 0 Å². The zero-order chi connectivity index (χ0) is 27.3. The van der Waals surface area contributed by atoms with Gasteiger partial charge in [-0.2, -0.15) is 17.5 Å². The molecule has 12 heteroatoms. The van der Waals surface area contributed by atoms with Crippen LogP contribution in [-0.4, -0.2) is 55.7 Å². The lowest BCUT2D eigenvalue weighted by Gasteiger charge is -2.25. The van der Waals surface area contributed by atoms with Crippen molar-refractivity contribution in [2.45, 2.75) is 57.3 Å². The number of carbonyl (C=O) groups is 1. The molecule has 2 N–H and O–H groups in total. The number of alkyl halides is 3. The van der Waals surface area contributed by atoms with E-state index in [1.165, 1.54) is 0 Å². The molecule has 1 unspecified atom stereocenters. The first-order chi connectivity index (χ1) is 17.3. The largest absolute Gasteiger partial charge is 0.511 e. The summed E-state index contributed by atoms with van der Waals surface area (Å²) in [6, 6.07) is 13.8. The maximum atomic E-state index is 13.5. The number of ether oxygens (including phenoxy) is 2. The van der Waals surface area contributed by atoms with E-state index in [2.05, 4.69) is 10.6 Å². The Kier molecular flexibility index (Phi) is 8.96. The van der Waals surface area contributed by atoms with Crippen molar-refractivity contribution in [3.63, 3.8) is 0 Å². The van der Waals surface area contributed by atoms with Gasteiger partial charge in [-0.1, -0.05) is 36.4 Å². The first-order valence-electron chi connectivity index (χ1n) is 11.8. The number of aryl methyl sites for hydroxylation is 1. The zero-order valence-corrected chi connectivity index (χ0v) is 21.8. The second-order valence-corrected chi connectivity index (χ2v) is 11.6. The van der Waals surface area contributed by atoms with E-state index in [1.807, 2.05) is 30.3 Å². The third-order valence-electron chi connectivity index (χ3n) is 5.54. The molecule has 0 fully saturated rings. The molecule has 204 valence electrons. The van der Waals surface area contributed by atoms with Crippen molar-refractivity contribution in [2.75, 3.05) is 25.0 Å². The lowest BCUT2D eigenvalue weighted by Crippen LogP contribution is -2.44. The van der Waals surface area contributed by atoms with Gasteiger partial charge in [0.05, 0.1) is 6.54 Å². The molecule has 0 saturated heterocycles. The smallest absolute Gasteiger partial charge is 0.491 e. The molecule has 1 heterocycles. The molecule has 2 aromatic carbocycles. The predicted octanol–water partition coefficient (Wildman–Crippen LogP) is 4.67. The van der Waals surface area contributed by atoms with E-state index in [-0.39, 0.29) is 31.0 Å². The zero-order valence-electron chi connectivity index (χ0n) is 21.0. The molecule has 0 saturated carbocycles. The van der Waals surface area contributed by atoms with E-state index in [4.69, 9.17) is 9.47 Å². The highest BCUT2D eigenvalue weighted by atomic mass is 32.2. The van der Waals surface area contributed by atoms with Gasteiger partial charge in [-0.15, -0.1) is 0 Å². The Morgan fingerprint density at radius 2 is 1.81 bits per heavy atom. The van der Waals surface area contributed by atoms with Gasteiger partial charge in [0.2, 0.25) is 0 Å². The lowest BCUT2D eigenvalue weighted by atomic mass is 10.0. The summed E-state index contributed by atoms with van der Waals surface area (Å²) in [5.74, 6) is 0.224. The highest BCUT2D eigenvalue weighted by Gasteiger charge is 2.51. The van der Waals surface area contributed by atoms with Crippen molar-refractivity contribution in [1.29, 1.82) is 0 Å². The van der Waals surface area contributed by atoms with Gasteiger partial charge in [-0.3, -0.25) is 0 Å². The number of benzene rings is 2. The molecular weight excluding hydrogens is 511 g/mol. The van der Waals surface area contributed by atoms with Crippen LogP contribution in [0.5, 0.6) is 5.75 Å². The third-order valence-corrected chi connectivity index (χ3v) is 7.08. The van der Waals surface area contributed by atoms with E-state index < -0.39 is 39.8 Å². The molecule has 0 radical (unpaired) electrons. The number of sulfonamides is 1. The van der Waals surface area contributed by atoms with Gasteiger partial charge in [0, 0.05) is 30.4 Å². The van der Waals surface area contributed by atoms with Crippen LogP contribution in [0.4, 0.5) is 23.7 Å². The first-order valence-corrected chi connectivity index (χ1v) is 13.3. The standard InChI is InChI=1S/C25H32F3N3O5S/c1-24(2,3)36-23(32)29-14-15-35-22-11-7-10-21-20(22)17-31(37(33,34)25(26,27)28)16-19(30-21)13-12-18-8-5-4-6-9-18/h4-11,19,30H,12-17H2,1-3H3,(H,29,32). The highest BCUT2D eigenvalue weighted by molar-refractivity contribution is 7.89. The fraction of sp³-hybridized carbons (Fsp3) is 0.480. The number of carbonyl (C=O) groups excluding carboxylic acids is 1. The quantitative estimate of drug-likeness (QED) is 0.470. The number of hydrogen-bond acceptors (Lipinski definition) is 6. The maximum Gasteiger partial charge on any atom is 0.511 e. The Morgan fingerprint density at radius 1 is 1.11 bits per heavy atom. The van der Waals surface area contributed by atoms with Gasteiger partial charge in [0.15, 0.2) is 0 Å². The van der Waals surface area contributed by atoms with Crippen molar-refractivity contribution in [1.82, 2.24) is 9.62 Å². The molecule has 1 atom stereocenters. The minimum atomic E-state index is -5.59. The molecule has 0 bridgehead atoms. The van der Waals surface area contributed by atoms with E-state index in [1.54, 1.807) is 39.0 Å². The molecule has 2 aromatic rings. The highest BCUT2D eigenvalue weighted by Crippen LogP contribution is 2.36. The number of amides is 1. The van der Waals surface area contributed by atoms with Crippen molar-refractivity contribution in [3.8, 4) is 5.75 Å². The third kappa shape index (κ3) is 8.00. The summed E-state index contributed by atoms with van der Waals surface area (Å²) in [4.78, 5) is 11.8. The number of nitrogens with zero attached hydrogens (tertiary/aromatic N) is 1. The van der Waals surface area contributed by atoms with E-state index in [0.717, 1.165) is 5.56 Å². The van der Waals surface area contributed by atoms with Crippen LogP contribution in [0.25, 0.3) is 0 Å². The summed E-state index contributed by atoms with van der Waals surface area (Å²) < 4.78 is 76.7. The van der Waals surface area contributed by atoms with Crippen LogP contribution in [-0.2, 0) is 27.7 Å². The summed E-state index contributed by atoms with van der Waals surface area (Å²) >= 11 is 0. The van der Waals surface area contributed by atoms with Crippen LogP contribution in [0.2, 0.25) is 0 Å². The SMILES string of the molecule is CC(C)(C)OC(=O)NCCOc1cccc2c1CN(S(=O)(=O)C(F)(F)F)CC(CCc1ccccc1)N2. The summed E-state index contributed by atoms with van der Waals surface area (Å²) in [7, 11) is -5.59. The Bertz CT molecular complexity index is 1170. The Morgan fingerprint density at radius 3 is 2.46 bits per heavy atom. The molecule has 1 aliphatic heterocycles. The first kappa shape index (κ1) is 28.6. The van der Waals surface area contributed by atoms with E-state index >= 15 is 0 Å². The van der Waals surface area contributed by atoms with Crippen molar-refractivity contribution < 1.29 is 35.9 Å². The molecule has 1 amide bonds. The molecule has 1 aliphatic rings. The van der Waals surface area contributed by atoms with E-state index in [9.17, 15) is 26.4 Å². The van der Waals surface area contributed by atoms with Gasteiger partial charge < -0.3 is 20.1 Å². The fourth-order valence-electron chi connectivity index (χ4n) is 3.86. The van der Waals surface area contributed by atoms with Gasteiger partial charge in [-0.05, 0) is 51.3 Å². The normalized spacial score (nSPS) is 16.8. The average Bonchev–Trinajstić information content (AvgIpc) is 2.99. The minimum absolute atomic E-state index is 0.000841. The molecule has 8 nitrogen and oxygen atoms in total. The molecule has 37 heavy (non-hydrogen) atoms. The van der Waals surface area contributed by atoms with Crippen molar-refractivity contribution >= 4 is 21.8 Å². The molecular formula is C25H32F3N3O5S. The minimum Gasteiger partial charge on any atom is -0.491 e.